The first-order chi connectivity index (χ1) is 14.3. The van der Waals surface area contributed by atoms with Crippen LogP contribution in [0.3, 0.4) is 0 Å². The molecule has 1 aliphatic rings. The van der Waals surface area contributed by atoms with E-state index in [2.05, 4.69) is 37.7 Å². The average molecular weight is 384 g/mol. The summed E-state index contributed by atoms with van der Waals surface area (Å²) in [6, 6.07) is 10.4. The second-order valence-electron chi connectivity index (χ2n) is 7.70. The molecule has 0 saturated carbocycles. The van der Waals surface area contributed by atoms with Crippen LogP contribution in [0, 0.1) is 5.92 Å². The third-order valence-electron chi connectivity index (χ3n) is 6.01. The molecule has 0 aliphatic carbocycles. The van der Waals surface area contributed by atoms with E-state index in [1.807, 2.05) is 24.4 Å². The quantitative estimate of drug-likeness (QED) is 0.556. The molecule has 1 aromatic carbocycles. The van der Waals surface area contributed by atoms with Gasteiger partial charge in [0.15, 0.2) is 0 Å². The largest absolute Gasteiger partial charge is 0.405 e. The van der Waals surface area contributed by atoms with Crippen molar-refractivity contribution in [2.75, 3.05) is 5.73 Å². The first kappa shape index (κ1) is 17.7. The molecule has 1 atom stereocenters. The number of aromatic nitrogens is 4. The van der Waals surface area contributed by atoms with Crippen LogP contribution >= 0.6 is 0 Å². The number of nitrogen functional groups attached to an aromatic ring is 1. The van der Waals surface area contributed by atoms with Crippen LogP contribution in [-0.2, 0) is 13.0 Å². The molecule has 0 amide bonds. The third kappa shape index (κ3) is 3.01. The smallest absolute Gasteiger partial charge is 0.146 e. The lowest BCUT2D eigenvalue weighted by Crippen LogP contribution is -2.04. The molecule has 4 N–H and O–H groups in total. The zero-order valence-electron chi connectivity index (χ0n) is 16.3. The van der Waals surface area contributed by atoms with E-state index in [0.29, 0.717) is 11.7 Å². The van der Waals surface area contributed by atoms with E-state index in [0.717, 1.165) is 65.3 Å². The molecule has 6 nitrogen and oxygen atoms in total. The summed E-state index contributed by atoms with van der Waals surface area (Å²) in [4.78, 5) is 13.6. The first-order valence-corrected chi connectivity index (χ1v) is 10.1. The van der Waals surface area contributed by atoms with Crippen molar-refractivity contribution >= 4 is 27.8 Å². The molecule has 5 rings (SSSR count). The number of anilines is 1. The second kappa shape index (κ2) is 7.20. The third-order valence-corrected chi connectivity index (χ3v) is 6.01. The molecule has 0 saturated heterocycles. The van der Waals surface area contributed by atoms with Gasteiger partial charge >= 0.3 is 0 Å². The number of rotatable bonds is 3. The molecule has 4 aromatic rings. The Bertz CT molecular complexity index is 1220. The standard InChI is InChI=1S/C23H24N6/c24-10-3-4-15-7-8-19-20(17-12-16-5-1-2-6-18(16)26-13-17)21-22(25)27-14-28-23(21)29(19)11-9-15/h1-3,5-6,10,12-15H,4,7-9,11,24H2,(H2,25,27,28)/t15-/m1/s1. The fraction of sp³-hybridized carbons (Fsp3) is 0.261. The number of para-hydroxylation sites is 1. The van der Waals surface area contributed by atoms with Crippen LogP contribution in [0.1, 0.15) is 25.0 Å². The van der Waals surface area contributed by atoms with Crippen molar-refractivity contribution in [2.24, 2.45) is 11.7 Å². The highest BCUT2D eigenvalue weighted by molar-refractivity contribution is 6.03. The Morgan fingerprint density at radius 1 is 1.14 bits per heavy atom. The Labute approximate surface area is 169 Å². The lowest BCUT2D eigenvalue weighted by Gasteiger charge is -2.11. The Kier molecular flexibility index (Phi) is 4.39. The topological polar surface area (TPSA) is 95.6 Å². The normalized spacial score (nSPS) is 17.0. The molecule has 29 heavy (non-hydrogen) atoms. The van der Waals surface area contributed by atoms with Gasteiger partial charge in [-0.3, -0.25) is 4.98 Å². The molecule has 0 fully saturated rings. The number of fused-ring (bicyclic) bond motifs is 4. The summed E-state index contributed by atoms with van der Waals surface area (Å²) in [5, 5.41) is 2.06. The molecule has 0 unspecified atom stereocenters. The van der Waals surface area contributed by atoms with Gasteiger partial charge in [-0.2, -0.15) is 0 Å². The van der Waals surface area contributed by atoms with Gasteiger partial charge in [0.2, 0.25) is 0 Å². The van der Waals surface area contributed by atoms with E-state index in [4.69, 9.17) is 11.5 Å². The molecular formula is C23H24N6. The van der Waals surface area contributed by atoms with Crippen molar-refractivity contribution < 1.29 is 0 Å². The summed E-state index contributed by atoms with van der Waals surface area (Å²) < 4.78 is 2.34. The number of hydrogen-bond acceptors (Lipinski definition) is 5. The van der Waals surface area contributed by atoms with Gasteiger partial charge in [0, 0.05) is 34.9 Å². The number of hydrogen-bond donors (Lipinski definition) is 2. The highest BCUT2D eigenvalue weighted by atomic mass is 15.1. The van der Waals surface area contributed by atoms with E-state index in [1.54, 1.807) is 12.5 Å². The second-order valence-corrected chi connectivity index (χ2v) is 7.70. The van der Waals surface area contributed by atoms with E-state index >= 15 is 0 Å². The molecule has 4 heterocycles. The first-order valence-electron chi connectivity index (χ1n) is 10.1. The van der Waals surface area contributed by atoms with Crippen molar-refractivity contribution in [1.82, 2.24) is 19.5 Å². The van der Waals surface area contributed by atoms with Gasteiger partial charge in [-0.05, 0) is 49.9 Å². The number of nitrogens with zero attached hydrogens (tertiary/aromatic N) is 4. The van der Waals surface area contributed by atoms with Crippen molar-refractivity contribution in [3.8, 4) is 11.1 Å². The van der Waals surface area contributed by atoms with Crippen LogP contribution in [0.2, 0.25) is 0 Å². The van der Waals surface area contributed by atoms with Crippen molar-refractivity contribution in [1.29, 1.82) is 0 Å². The fourth-order valence-electron chi connectivity index (χ4n) is 4.56. The Morgan fingerprint density at radius 3 is 2.93 bits per heavy atom. The number of allylic oxidation sites excluding steroid dienone is 1. The Balaban J connectivity index is 1.70. The predicted molar refractivity (Wildman–Crippen MR) is 117 cm³/mol. The lowest BCUT2D eigenvalue weighted by molar-refractivity contribution is 0.453. The van der Waals surface area contributed by atoms with E-state index in [9.17, 15) is 0 Å². The van der Waals surface area contributed by atoms with Crippen molar-refractivity contribution in [3.05, 3.63) is 60.8 Å². The summed E-state index contributed by atoms with van der Waals surface area (Å²) in [5.41, 5.74) is 17.3. The van der Waals surface area contributed by atoms with Gasteiger partial charge in [0.25, 0.3) is 0 Å². The maximum absolute atomic E-state index is 6.34. The van der Waals surface area contributed by atoms with Gasteiger partial charge in [0.1, 0.15) is 17.8 Å². The van der Waals surface area contributed by atoms with Crippen molar-refractivity contribution in [2.45, 2.75) is 32.2 Å². The zero-order valence-corrected chi connectivity index (χ0v) is 16.3. The molecule has 1 aliphatic heterocycles. The van der Waals surface area contributed by atoms with Crippen LogP contribution in [0.15, 0.2) is 55.1 Å². The number of nitrogens with two attached hydrogens (primary N) is 2. The van der Waals surface area contributed by atoms with Crippen LogP contribution < -0.4 is 11.5 Å². The highest BCUT2D eigenvalue weighted by Gasteiger charge is 2.25. The van der Waals surface area contributed by atoms with Gasteiger partial charge in [-0.25, -0.2) is 9.97 Å². The Morgan fingerprint density at radius 2 is 2.03 bits per heavy atom. The number of pyridine rings is 1. The molecule has 0 bridgehead atoms. The maximum atomic E-state index is 6.34. The van der Waals surface area contributed by atoms with E-state index < -0.39 is 0 Å². The molecule has 0 radical (unpaired) electrons. The summed E-state index contributed by atoms with van der Waals surface area (Å²) in [7, 11) is 0. The minimum Gasteiger partial charge on any atom is -0.405 e. The van der Waals surface area contributed by atoms with Crippen LogP contribution in [0.4, 0.5) is 5.82 Å². The minimum atomic E-state index is 0.529. The number of aryl methyl sites for hydroxylation is 1. The SMILES string of the molecule is NC=CC[C@@H]1CCc2c(-c3cnc4ccccc4c3)c3c(N)ncnc3n2CC1. The zero-order chi connectivity index (χ0) is 19.8. The monoisotopic (exact) mass is 384 g/mol. The van der Waals surface area contributed by atoms with Gasteiger partial charge < -0.3 is 16.0 Å². The predicted octanol–water partition coefficient (Wildman–Crippen LogP) is 4.04. The summed E-state index contributed by atoms with van der Waals surface area (Å²) in [6.07, 6.45) is 11.4. The average Bonchev–Trinajstić information content (AvgIpc) is 2.92. The number of benzene rings is 1. The summed E-state index contributed by atoms with van der Waals surface area (Å²) in [5.74, 6) is 1.15. The van der Waals surface area contributed by atoms with Gasteiger partial charge in [-0.1, -0.05) is 24.3 Å². The summed E-state index contributed by atoms with van der Waals surface area (Å²) >= 11 is 0. The molecule has 0 spiro atoms. The minimum absolute atomic E-state index is 0.529. The molecule has 3 aromatic heterocycles. The molecular weight excluding hydrogens is 360 g/mol. The van der Waals surface area contributed by atoms with Crippen molar-refractivity contribution in [3.63, 3.8) is 0 Å². The maximum Gasteiger partial charge on any atom is 0.146 e. The Hall–Kier alpha value is -3.41. The summed E-state index contributed by atoms with van der Waals surface area (Å²) in [6.45, 7) is 0.923. The fourth-order valence-corrected chi connectivity index (χ4v) is 4.56. The molecule has 6 heteroatoms. The molecule has 146 valence electrons. The van der Waals surface area contributed by atoms with Gasteiger partial charge in [-0.15, -0.1) is 0 Å². The van der Waals surface area contributed by atoms with Crippen LogP contribution in [-0.4, -0.2) is 19.5 Å². The van der Waals surface area contributed by atoms with Crippen LogP contribution in [0.25, 0.3) is 33.1 Å². The van der Waals surface area contributed by atoms with E-state index in [-0.39, 0.29) is 0 Å². The lowest BCUT2D eigenvalue weighted by atomic mass is 9.94. The van der Waals surface area contributed by atoms with E-state index in [1.165, 1.54) is 5.69 Å². The highest BCUT2D eigenvalue weighted by Crippen LogP contribution is 2.40. The van der Waals surface area contributed by atoms with Gasteiger partial charge in [0.05, 0.1) is 10.9 Å². The van der Waals surface area contributed by atoms with Crippen LogP contribution in [0.5, 0.6) is 0 Å².